The summed E-state index contributed by atoms with van der Waals surface area (Å²) in [6.07, 6.45) is 3.71. The summed E-state index contributed by atoms with van der Waals surface area (Å²) in [6.45, 7) is 2.47. The van der Waals surface area contributed by atoms with Gasteiger partial charge in [0, 0.05) is 17.0 Å². The van der Waals surface area contributed by atoms with Crippen LogP contribution in [0.4, 0.5) is 0 Å². The van der Waals surface area contributed by atoms with E-state index in [2.05, 4.69) is 20.8 Å². The van der Waals surface area contributed by atoms with Gasteiger partial charge in [0.1, 0.15) is 18.2 Å². The van der Waals surface area contributed by atoms with Crippen molar-refractivity contribution in [3.8, 4) is 11.4 Å². The Kier molecular flexibility index (Phi) is 2.36. The van der Waals surface area contributed by atoms with Crippen LogP contribution in [0.5, 0.6) is 5.75 Å². The number of halogens is 1. The molecule has 0 unspecified atom stereocenters. The average Bonchev–Trinajstić information content (AvgIpc) is 2.73. The second-order valence-electron chi connectivity index (χ2n) is 5.30. The van der Waals surface area contributed by atoms with Crippen LogP contribution in [0.3, 0.4) is 0 Å². The highest BCUT2D eigenvalue weighted by Gasteiger charge is 2.30. The molecule has 19 heavy (non-hydrogen) atoms. The van der Waals surface area contributed by atoms with Gasteiger partial charge in [-0.1, -0.05) is 18.0 Å². The topological polar surface area (TPSA) is 39.9 Å². The van der Waals surface area contributed by atoms with E-state index >= 15 is 0 Å². The largest absolute Gasteiger partial charge is 0.483 e. The van der Waals surface area contributed by atoms with E-state index in [1.807, 2.05) is 13.0 Å². The fourth-order valence-electron chi connectivity index (χ4n) is 2.70. The molecule has 2 aromatic rings. The summed E-state index contributed by atoms with van der Waals surface area (Å²) in [5.41, 5.74) is 2.07. The van der Waals surface area contributed by atoms with Crippen molar-refractivity contribution in [2.45, 2.75) is 38.7 Å². The Labute approximate surface area is 116 Å². The molecule has 0 radical (unpaired) electrons. The molecular weight excluding hydrogens is 262 g/mol. The van der Waals surface area contributed by atoms with Gasteiger partial charge in [-0.25, -0.2) is 0 Å². The smallest absolute Gasteiger partial charge is 0.175 e. The predicted molar refractivity (Wildman–Crippen MR) is 72.0 cm³/mol. The van der Waals surface area contributed by atoms with Crippen LogP contribution in [0.15, 0.2) is 12.1 Å². The Hall–Kier alpha value is -1.55. The number of hydrogen-bond acceptors (Lipinski definition) is 3. The molecule has 1 aromatic heterocycles. The number of nitrogens with zero attached hydrogens (tertiary/aromatic N) is 3. The first-order valence-corrected chi connectivity index (χ1v) is 6.99. The summed E-state index contributed by atoms with van der Waals surface area (Å²) in [5, 5.41) is 9.37. The molecule has 5 heteroatoms. The molecule has 0 bridgehead atoms. The molecule has 0 N–H and O–H groups in total. The molecule has 0 saturated heterocycles. The summed E-state index contributed by atoms with van der Waals surface area (Å²) in [5.74, 6) is 3.33. The van der Waals surface area contributed by atoms with Crippen LogP contribution in [-0.4, -0.2) is 14.8 Å². The third kappa shape index (κ3) is 1.59. The van der Waals surface area contributed by atoms with E-state index in [1.54, 1.807) is 0 Å². The van der Waals surface area contributed by atoms with E-state index in [9.17, 15) is 0 Å². The molecule has 1 aromatic carbocycles. The van der Waals surface area contributed by atoms with Gasteiger partial charge in [-0.05, 0) is 31.4 Å². The van der Waals surface area contributed by atoms with Crippen molar-refractivity contribution >= 4 is 11.6 Å². The fraction of sp³-hybridized carbons (Fsp3) is 0.429. The minimum atomic E-state index is 0.464. The quantitative estimate of drug-likeness (QED) is 0.801. The van der Waals surface area contributed by atoms with Gasteiger partial charge >= 0.3 is 0 Å². The summed E-state index contributed by atoms with van der Waals surface area (Å²) in [4.78, 5) is 0. The molecule has 1 aliphatic carbocycles. The number of benzene rings is 1. The van der Waals surface area contributed by atoms with Crippen molar-refractivity contribution in [3.63, 3.8) is 0 Å². The number of fused-ring (bicyclic) bond motifs is 3. The van der Waals surface area contributed by atoms with Crippen molar-refractivity contribution in [2.24, 2.45) is 0 Å². The Morgan fingerprint density at radius 1 is 1.32 bits per heavy atom. The summed E-state index contributed by atoms with van der Waals surface area (Å²) in [6, 6.07) is 3.95. The summed E-state index contributed by atoms with van der Waals surface area (Å²) in [7, 11) is 0. The summed E-state index contributed by atoms with van der Waals surface area (Å²) >= 11 is 6.17. The molecule has 2 aliphatic rings. The molecule has 0 atom stereocenters. The zero-order chi connectivity index (χ0) is 13.0. The van der Waals surface area contributed by atoms with Crippen LogP contribution in [0.2, 0.25) is 5.02 Å². The van der Waals surface area contributed by atoms with Crippen LogP contribution in [-0.2, 0) is 6.61 Å². The van der Waals surface area contributed by atoms with Crippen LogP contribution < -0.4 is 4.74 Å². The van der Waals surface area contributed by atoms with Crippen molar-refractivity contribution < 1.29 is 4.74 Å². The van der Waals surface area contributed by atoms with Gasteiger partial charge in [-0.3, -0.25) is 4.57 Å². The van der Waals surface area contributed by atoms with E-state index in [0.29, 0.717) is 12.5 Å². The lowest BCUT2D eigenvalue weighted by atomic mass is 9.84. The number of hydrogen-bond donors (Lipinski definition) is 0. The zero-order valence-corrected chi connectivity index (χ0v) is 11.4. The van der Waals surface area contributed by atoms with Gasteiger partial charge in [0.15, 0.2) is 5.82 Å². The van der Waals surface area contributed by atoms with E-state index in [4.69, 9.17) is 16.3 Å². The molecule has 1 fully saturated rings. The summed E-state index contributed by atoms with van der Waals surface area (Å²) < 4.78 is 7.88. The van der Waals surface area contributed by atoms with E-state index in [-0.39, 0.29) is 0 Å². The Morgan fingerprint density at radius 3 is 2.89 bits per heavy atom. The molecule has 98 valence electrons. The first-order chi connectivity index (χ1) is 9.24. The highest BCUT2D eigenvalue weighted by atomic mass is 35.5. The maximum Gasteiger partial charge on any atom is 0.175 e. The zero-order valence-electron chi connectivity index (χ0n) is 10.7. The normalized spacial score (nSPS) is 17.4. The number of rotatable bonds is 1. The van der Waals surface area contributed by atoms with Crippen LogP contribution in [0.25, 0.3) is 5.69 Å². The van der Waals surface area contributed by atoms with Gasteiger partial charge in [0.05, 0.1) is 5.69 Å². The third-order valence-electron chi connectivity index (χ3n) is 4.06. The van der Waals surface area contributed by atoms with E-state index in [1.165, 1.54) is 19.3 Å². The van der Waals surface area contributed by atoms with Crippen molar-refractivity contribution in [2.75, 3.05) is 0 Å². The molecule has 1 saturated carbocycles. The molecule has 0 spiro atoms. The Morgan fingerprint density at radius 2 is 2.16 bits per heavy atom. The standard InChI is InChI=1S/C14H14ClN3O/c1-8-5-11-12(6-10(8)15)19-7-13-16-17-14(18(11)13)9-3-2-4-9/h5-6,9H,2-4,7H2,1H3. The number of aryl methyl sites for hydroxylation is 1. The SMILES string of the molecule is Cc1cc2c(cc1Cl)OCc1nnc(C3CCC3)n1-2. The molecule has 1 aliphatic heterocycles. The van der Waals surface area contributed by atoms with Crippen molar-refractivity contribution in [1.29, 1.82) is 0 Å². The van der Waals surface area contributed by atoms with Gasteiger partial charge in [-0.2, -0.15) is 0 Å². The highest BCUT2D eigenvalue weighted by Crippen LogP contribution is 2.40. The van der Waals surface area contributed by atoms with E-state index in [0.717, 1.165) is 33.7 Å². The van der Waals surface area contributed by atoms with Crippen molar-refractivity contribution in [3.05, 3.63) is 34.4 Å². The van der Waals surface area contributed by atoms with Crippen LogP contribution in [0.1, 0.15) is 42.4 Å². The highest BCUT2D eigenvalue weighted by molar-refractivity contribution is 6.31. The van der Waals surface area contributed by atoms with Crippen LogP contribution >= 0.6 is 11.6 Å². The van der Waals surface area contributed by atoms with Gasteiger partial charge in [-0.15, -0.1) is 10.2 Å². The first kappa shape index (κ1) is 11.3. The Bertz CT molecular complexity index is 661. The molecule has 4 nitrogen and oxygen atoms in total. The minimum absolute atomic E-state index is 0.464. The average molecular weight is 276 g/mol. The van der Waals surface area contributed by atoms with Gasteiger partial charge < -0.3 is 4.74 Å². The monoisotopic (exact) mass is 275 g/mol. The molecule has 0 amide bonds. The maximum atomic E-state index is 6.17. The number of aromatic nitrogens is 3. The van der Waals surface area contributed by atoms with Crippen molar-refractivity contribution in [1.82, 2.24) is 14.8 Å². The predicted octanol–water partition coefficient (Wildman–Crippen LogP) is 3.39. The molecular formula is C14H14ClN3O. The lowest BCUT2D eigenvalue weighted by molar-refractivity contribution is 0.276. The van der Waals surface area contributed by atoms with E-state index < -0.39 is 0 Å². The molecule has 2 heterocycles. The fourth-order valence-corrected chi connectivity index (χ4v) is 2.85. The Balaban J connectivity index is 1.92. The minimum Gasteiger partial charge on any atom is -0.483 e. The third-order valence-corrected chi connectivity index (χ3v) is 4.47. The lowest BCUT2D eigenvalue weighted by Gasteiger charge is -2.27. The lowest BCUT2D eigenvalue weighted by Crippen LogP contribution is -2.19. The second-order valence-corrected chi connectivity index (χ2v) is 5.70. The molecule has 4 rings (SSSR count). The number of ether oxygens (including phenoxy) is 1. The maximum absolute atomic E-state index is 6.17. The first-order valence-electron chi connectivity index (χ1n) is 6.61. The van der Waals surface area contributed by atoms with Crippen LogP contribution in [0, 0.1) is 6.92 Å². The second kappa shape index (κ2) is 3.97. The van der Waals surface area contributed by atoms with Gasteiger partial charge in [0.25, 0.3) is 0 Å². The van der Waals surface area contributed by atoms with Gasteiger partial charge in [0.2, 0.25) is 0 Å².